The molecule has 2 aliphatic heterocycles. The van der Waals surface area contributed by atoms with Gasteiger partial charge in [0.25, 0.3) is 6.47 Å². The van der Waals surface area contributed by atoms with Gasteiger partial charge in [-0.2, -0.15) is 0 Å². The zero-order valence-electron chi connectivity index (χ0n) is 61.8. The summed E-state index contributed by atoms with van der Waals surface area (Å²) >= 11 is 1.96. The molecule has 0 amide bonds. The van der Waals surface area contributed by atoms with Crippen LogP contribution < -0.4 is 0 Å². The molecule has 0 aromatic carbocycles. The zero-order valence-corrected chi connectivity index (χ0v) is 63.8. The number of imidazole rings is 1. The first kappa shape index (κ1) is 90.8. The SMILES string of the molecule is CC(=O)OC1[C@H](OP(=O)(O)O)OC([C@@H](F)CCCCCCCCCCCCCCCCCCOC=O)[C@@H](C)[C@@H]1C.CCCCCCCCCCCCCCCCCC(=O)OC[C@H](F)C1O[C@@H](OP(=O)(O)n2ccnc2)C(OC(C)=O)[C@@H](C)[C@@H]1C.CCN(CC)CC.[2H]CF.[2H]CI. The summed E-state index contributed by atoms with van der Waals surface area (Å²) < 4.78 is 119. The summed E-state index contributed by atoms with van der Waals surface area (Å²) in [5, 5.41) is 0. The Morgan fingerprint density at radius 2 is 0.989 bits per heavy atom. The molecule has 26 heteroatoms. The van der Waals surface area contributed by atoms with Crippen LogP contribution in [0.1, 0.15) is 284 Å². The van der Waals surface area contributed by atoms with Gasteiger partial charge in [-0.25, -0.2) is 27.2 Å². The number of halogens is 4. The van der Waals surface area contributed by atoms with E-state index in [1.165, 1.54) is 181 Å². The van der Waals surface area contributed by atoms with Crippen molar-refractivity contribution in [2.45, 2.75) is 330 Å². The predicted molar refractivity (Wildman–Crippen MR) is 378 cm³/mol. The quantitative estimate of drug-likeness (QED) is 0.0104. The number of esters is 3. The topological polar surface area (TPSA) is 258 Å². The number of phosphoric acid groups is 1. The maximum atomic E-state index is 15.4. The van der Waals surface area contributed by atoms with Crippen LogP contribution in [0.3, 0.4) is 0 Å². The van der Waals surface area contributed by atoms with Crippen molar-refractivity contribution in [3.8, 4) is 0 Å². The maximum Gasteiger partial charge on any atom is 0.472 e. The smallest absolute Gasteiger partial charge is 0.468 e. The Hall–Kier alpha value is -2.25. The molecular weight excluding hydrogens is 1390 g/mol. The summed E-state index contributed by atoms with van der Waals surface area (Å²) in [4.78, 5) is 81.0. The summed E-state index contributed by atoms with van der Waals surface area (Å²) in [6.07, 6.45) is 31.1. The van der Waals surface area contributed by atoms with Crippen LogP contribution in [0.4, 0.5) is 13.2 Å². The lowest BCUT2D eigenvalue weighted by molar-refractivity contribution is -0.261. The Labute approximate surface area is 588 Å². The molecule has 2 fully saturated rings. The highest BCUT2D eigenvalue weighted by Gasteiger charge is 2.51. The van der Waals surface area contributed by atoms with Crippen molar-refractivity contribution in [2.24, 2.45) is 23.7 Å². The highest BCUT2D eigenvalue weighted by atomic mass is 127. The molecule has 1 aromatic heterocycles. The second kappa shape index (κ2) is 60.5. The molecule has 3 N–H and O–H groups in total. The number of carbonyl (C=O) groups excluding carboxylic acids is 4. The summed E-state index contributed by atoms with van der Waals surface area (Å²) in [6, 6.07) is 0. The molecule has 0 radical (unpaired) electrons. The number of hydrogen-bond donors (Lipinski definition) is 3. The van der Waals surface area contributed by atoms with Crippen molar-refractivity contribution >= 4 is 62.5 Å². The van der Waals surface area contributed by atoms with Crippen molar-refractivity contribution in [1.29, 1.82) is 0 Å². The van der Waals surface area contributed by atoms with E-state index in [0.29, 0.717) is 37.2 Å². The van der Waals surface area contributed by atoms with Gasteiger partial charge >= 0.3 is 33.5 Å². The Morgan fingerprint density at radius 1 is 0.621 bits per heavy atom. The van der Waals surface area contributed by atoms with Crippen LogP contribution in [0.2, 0.25) is 0 Å². The van der Waals surface area contributed by atoms with Crippen LogP contribution in [0.15, 0.2) is 18.7 Å². The first-order valence-electron chi connectivity index (χ1n) is 37.0. The number of rotatable bonds is 50. The number of aromatic nitrogens is 2. The van der Waals surface area contributed by atoms with Gasteiger partial charge in [0.2, 0.25) is 12.6 Å². The fraction of sp³-hybridized carbons (Fsp3) is 0.899. The molecule has 562 valence electrons. The highest BCUT2D eigenvalue weighted by molar-refractivity contribution is 14.1. The van der Waals surface area contributed by atoms with Gasteiger partial charge in [0.1, 0.15) is 19.1 Å². The maximum absolute atomic E-state index is 15.4. The number of phosphoric ester groups is 1. The van der Waals surface area contributed by atoms with Gasteiger partial charge in [-0.1, -0.05) is 264 Å². The number of carbonyl (C=O) groups is 4. The number of unbranched alkanes of at least 4 members (excludes halogenated alkanes) is 29. The monoisotopic (exact) mass is 1520 g/mol. The van der Waals surface area contributed by atoms with Crippen molar-refractivity contribution in [2.75, 3.05) is 44.9 Å². The van der Waals surface area contributed by atoms with Crippen LogP contribution in [0.5, 0.6) is 0 Å². The molecule has 3 heterocycles. The molecule has 13 atom stereocenters. The average Bonchev–Trinajstić information content (AvgIpc) is 1.25. The third-order valence-corrected chi connectivity index (χ3v) is 19.5. The molecule has 20 nitrogen and oxygen atoms in total. The summed E-state index contributed by atoms with van der Waals surface area (Å²) in [5.41, 5.74) is 0. The van der Waals surface area contributed by atoms with E-state index in [2.05, 4.69) is 42.3 Å². The van der Waals surface area contributed by atoms with E-state index in [1.54, 1.807) is 27.7 Å². The summed E-state index contributed by atoms with van der Waals surface area (Å²) in [6.45, 7) is 22.3. The lowest BCUT2D eigenvalue weighted by Crippen LogP contribution is -2.55. The van der Waals surface area contributed by atoms with Crippen molar-refractivity contribution in [1.82, 2.24) is 14.2 Å². The van der Waals surface area contributed by atoms with Gasteiger partial charge < -0.3 is 48.0 Å². The van der Waals surface area contributed by atoms with Crippen LogP contribution in [-0.2, 0) is 65.8 Å². The number of nitrogens with zero attached hydrogens (tertiary/aromatic N) is 3. The molecule has 0 aliphatic carbocycles. The average molecular weight is 1520 g/mol. The lowest BCUT2D eigenvalue weighted by Gasteiger charge is -2.44. The third-order valence-electron chi connectivity index (χ3n) is 17.7. The minimum absolute atomic E-state index is 0.224. The second-order valence-electron chi connectivity index (χ2n) is 25.1. The number of hydrogen-bond acceptors (Lipinski definition) is 16. The van der Waals surface area contributed by atoms with Gasteiger partial charge in [-0.05, 0) is 55.6 Å². The fourth-order valence-electron chi connectivity index (χ4n) is 11.7. The van der Waals surface area contributed by atoms with Gasteiger partial charge in [0.15, 0.2) is 18.4 Å². The Morgan fingerprint density at radius 3 is 1.34 bits per heavy atom. The van der Waals surface area contributed by atoms with Crippen LogP contribution in [0, 0.1) is 23.7 Å². The van der Waals surface area contributed by atoms with E-state index in [1.807, 2.05) is 22.6 Å². The number of alkyl halides is 4. The van der Waals surface area contributed by atoms with Gasteiger partial charge in [0.05, 0.1) is 27.3 Å². The Balaban J connectivity index is 0. The molecule has 0 saturated carbocycles. The normalized spacial score (nSPS) is 22.4. The molecule has 2 saturated heterocycles. The molecule has 0 spiro atoms. The van der Waals surface area contributed by atoms with Crippen LogP contribution in [-0.4, -0.2) is 148 Å². The first-order chi connectivity index (χ1) is 46.3. The van der Waals surface area contributed by atoms with E-state index >= 15 is 8.78 Å². The molecule has 0 bridgehead atoms. The fourth-order valence-corrected chi connectivity index (χ4v) is 13.1. The van der Waals surface area contributed by atoms with Gasteiger partial charge in [-0.3, -0.25) is 32.6 Å². The van der Waals surface area contributed by atoms with Crippen LogP contribution >= 0.6 is 38.2 Å². The van der Waals surface area contributed by atoms with Gasteiger partial charge in [-0.15, -0.1) is 0 Å². The Bertz CT molecular complexity index is 2130. The minimum Gasteiger partial charge on any atom is -0.468 e. The predicted octanol–water partition coefficient (Wildman–Crippen LogP) is 18.1. The Kier molecular flexibility index (Phi) is 57.8. The molecule has 2 aliphatic rings. The molecular formula is C69H131F3IN3O17P2. The minimum atomic E-state index is -4.93. The van der Waals surface area contributed by atoms with Gasteiger partial charge in [0, 0.05) is 45.9 Å². The molecule has 5 unspecified atom stereocenters. The molecule has 95 heavy (non-hydrogen) atoms. The highest BCUT2D eigenvalue weighted by Crippen LogP contribution is 2.49. The van der Waals surface area contributed by atoms with E-state index < -0.39 is 114 Å². The standard InChI is InChI=1S/C32H56FN2O8P.C29H54FO9P.C6H15N.CH3F.CH3I/c1-5-6-7-8-9-10-11-12-13-14-15-16-17-18-19-20-29(37)40-23-28(33)30-25(2)26(3)31(41-27(4)36)32(42-30)43-44(38,39)35-22-21-34-24-35;1-23-24(2)28(37-25(3)32)29(39-40(33,34)35)38-27(23)26(30)20-18-16-14-12-10-8-6-4-5-7-9-11-13-15-17-19-21-36-22-31;1-4-7(5-2)6-3;2*1-2/h21-22,24-26,28,30-32H,5-20,23H2,1-4H3,(H,38,39);22-24,26-29H,4-21H2,1-3H3,(H2,33,34,35);4-6H2,1-3H3;2*1H3/t25-,26-,28-,30?,31?,32-;23-,24-,26-,27?,28?,29-;;;/m00.../s1/i;;;2*1D. The van der Waals surface area contributed by atoms with Crippen molar-refractivity contribution in [3.63, 3.8) is 0 Å². The summed E-state index contributed by atoms with van der Waals surface area (Å²) in [7, 11) is -10.4. The largest absolute Gasteiger partial charge is 0.472 e. The van der Waals surface area contributed by atoms with Crippen LogP contribution in [0.25, 0.3) is 0 Å². The lowest BCUT2D eigenvalue weighted by atomic mass is 9.81. The van der Waals surface area contributed by atoms with E-state index in [0.717, 1.165) is 62.0 Å². The van der Waals surface area contributed by atoms with E-state index in [-0.39, 0.29) is 12.3 Å². The third kappa shape index (κ3) is 46.7. The van der Waals surface area contributed by atoms with Crippen molar-refractivity contribution < 1.29 is 96.4 Å². The number of ether oxygens (including phenoxy) is 6. The zero-order chi connectivity index (χ0) is 73.3. The molecule has 3 rings (SSSR count). The first-order valence-corrected chi connectivity index (χ1v) is 40.2. The second-order valence-corrected chi connectivity index (χ2v) is 28.0. The van der Waals surface area contributed by atoms with E-state index in [9.17, 15) is 47.4 Å². The van der Waals surface area contributed by atoms with Crippen molar-refractivity contribution in [3.05, 3.63) is 18.7 Å². The summed E-state index contributed by atoms with van der Waals surface area (Å²) in [5.74, 6) is -3.41. The molecule has 1 aromatic rings. The van der Waals surface area contributed by atoms with E-state index in [4.69, 9.17) is 35.5 Å².